The molecule has 86 valence electrons. The molecule has 0 bridgehead atoms. The van der Waals surface area contributed by atoms with Gasteiger partial charge in [0.25, 0.3) is 0 Å². The molecule has 5 heteroatoms. The number of nitriles is 1. The van der Waals surface area contributed by atoms with E-state index in [1.54, 1.807) is 17.5 Å². The quantitative estimate of drug-likeness (QED) is 0.835. The fourth-order valence-electron chi connectivity index (χ4n) is 1.26. The number of ether oxygens (including phenoxy) is 1. The van der Waals surface area contributed by atoms with Gasteiger partial charge in [-0.05, 0) is 24.3 Å². The minimum atomic E-state index is -0.282. The van der Waals surface area contributed by atoms with E-state index in [4.69, 9.17) is 10.00 Å². The Bertz CT molecular complexity index is 530. The van der Waals surface area contributed by atoms with Gasteiger partial charge in [0, 0.05) is 11.8 Å². The minimum absolute atomic E-state index is 0.282. The molecule has 17 heavy (non-hydrogen) atoms. The molecule has 0 atom stereocenters. The van der Waals surface area contributed by atoms with Crippen molar-refractivity contribution in [1.29, 1.82) is 5.26 Å². The number of halogens is 1. The highest BCUT2D eigenvalue weighted by atomic mass is 32.1. The molecule has 0 saturated carbocycles. The Balaban J connectivity index is 1.83. The van der Waals surface area contributed by atoms with Gasteiger partial charge in [-0.1, -0.05) is 0 Å². The molecule has 0 N–H and O–H groups in total. The fraction of sp³-hybridized carbons (Fsp3) is 0.167. The van der Waals surface area contributed by atoms with E-state index in [-0.39, 0.29) is 5.82 Å². The van der Waals surface area contributed by atoms with Crippen molar-refractivity contribution in [2.45, 2.75) is 6.42 Å². The van der Waals surface area contributed by atoms with Crippen LogP contribution in [0, 0.1) is 17.1 Å². The van der Waals surface area contributed by atoms with Gasteiger partial charge < -0.3 is 4.74 Å². The van der Waals surface area contributed by atoms with E-state index in [0.717, 1.165) is 5.01 Å². The van der Waals surface area contributed by atoms with E-state index in [9.17, 15) is 4.39 Å². The van der Waals surface area contributed by atoms with Crippen LogP contribution in [-0.4, -0.2) is 11.6 Å². The monoisotopic (exact) mass is 248 g/mol. The van der Waals surface area contributed by atoms with E-state index >= 15 is 0 Å². The van der Waals surface area contributed by atoms with Crippen molar-refractivity contribution >= 4 is 11.3 Å². The molecule has 0 amide bonds. The summed E-state index contributed by atoms with van der Waals surface area (Å²) in [6.07, 6.45) is 0.643. The van der Waals surface area contributed by atoms with Gasteiger partial charge in [-0.2, -0.15) is 5.26 Å². The largest absolute Gasteiger partial charge is 0.493 e. The smallest absolute Gasteiger partial charge is 0.151 e. The highest BCUT2D eigenvalue weighted by molar-refractivity contribution is 7.09. The van der Waals surface area contributed by atoms with Crippen LogP contribution in [0.4, 0.5) is 4.39 Å². The van der Waals surface area contributed by atoms with E-state index in [2.05, 4.69) is 4.98 Å². The number of thiazole rings is 1. The van der Waals surface area contributed by atoms with E-state index in [0.29, 0.717) is 24.5 Å². The Morgan fingerprint density at radius 2 is 2.12 bits per heavy atom. The first-order chi connectivity index (χ1) is 8.28. The summed E-state index contributed by atoms with van der Waals surface area (Å²) in [6, 6.07) is 7.85. The average Bonchev–Trinajstić information content (AvgIpc) is 2.80. The highest BCUT2D eigenvalue weighted by Crippen LogP contribution is 2.13. The minimum Gasteiger partial charge on any atom is -0.493 e. The predicted octanol–water partition coefficient (Wildman–Crippen LogP) is 2.78. The lowest BCUT2D eigenvalue weighted by Crippen LogP contribution is -2.01. The number of aromatic nitrogens is 1. The van der Waals surface area contributed by atoms with Gasteiger partial charge in [0.05, 0.1) is 11.6 Å². The van der Waals surface area contributed by atoms with Crippen molar-refractivity contribution < 1.29 is 9.13 Å². The van der Waals surface area contributed by atoms with Crippen molar-refractivity contribution in [3.63, 3.8) is 0 Å². The standard InChI is InChI=1S/C12H9FN2OS/c13-9-1-3-11(4-2-9)16-6-5-12-15-10(7-14)8-17-12/h1-4,8H,5-6H2. The van der Waals surface area contributed by atoms with Crippen molar-refractivity contribution in [2.75, 3.05) is 6.61 Å². The van der Waals surface area contributed by atoms with Crippen LogP contribution in [0.3, 0.4) is 0 Å². The zero-order valence-corrected chi connectivity index (χ0v) is 9.71. The molecule has 0 unspecified atom stereocenters. The molecule has 0 saturated heterocycles. The van der Waals surface area contributed by atoms with Gasteiger partial charge in [-0.25, -0.2) is 9.37 Å². The van der Waals surface area contributed by atoms with Crippen LogP contribution in [0.15, 0.2) is 29.6 Å². The highest BCUT2D eigenvalue weighted by Gasteiger charge is 2.01. The maximum atomic E-state index is 12.6. The van der Waals surface area contributed by atoms with Gasteiger partial charge in [0.2, 0.25) is 0 Å². The summed E-state index contributed by atoms with van der Waals surface area (Å²) < 4.78 is 18.0. The third kappa shape index (κ3) is 3.26. The predicted molar refractivity (Wildman–Crippen MR) is 62.4 cm³/mol. The number of rotatable bonds is 4. The number of hydrogen-bond acceptors (Lipinski definition) is 4. The number of hydrogen-bond donors (Lipinski definition) is 0. The normalized spacial score (nSPS) is 9.88. The van der Waals surface area contributed by atoms with Crippen molar-refractivity contribution in [1.82, 2.24) is 4.98 Å². The second-order valence-corrected chi connectivity index (χ2v) is 4.23. The first-order valence-corrected chi connectivity index (χ1v) is 5.89. The Morgan fingerprint density at radius 3 is 2.76 bits per heavy atom. The maximum absolute atomic E-state index is 12.6. The van der Waals surface area contributed by atoms with E-state index in [1.165, 1.54) is 23.5 Å². The zero-order valence-electron chi connectivity index (χ0n) is 8.89. The maximum Gasteiger partial charge on any atom is 0.151 e. The van der Waals surface area contributed by atoms with Crippen LogP contribution < -0.4 is 4.74 Å². The number of nitrogens with zero attached hydrogens (tertiary/aromatic N) is 2. The lowest BCUT2D eigenvalue weighted by Gasteiger charge is -2.03. The van der Waals surface area contributed by atoms with Gasteiger partial charge in [-0.3, -0.25) is 0 Å². The van der Waals surface area contributed by atoms with Crippen molar-refractivity contribution in [2.24, 2.45) is 0 Å². The molecule has 2 aromatic rings. The Morgan fingerprint density at radius 1 is 1.35 bits per heavy atom. The summed E-state index contributed by atoms with van der Waals surface area (Å²) in [5.74, 6) is 0.347. The van der Waals surface area contributed by atoms with Crippen LogP contribution in [0.1, 0.15) is 10.7 Å². The van der Waals surface area contributed by atoms with Crippen molar-refractivity contribution in [3.05, 3.63) is 46.2 Å². The lowest BCUT2D eigenvalue weighted by molar-refractivity contribution is 0.321. The topological polar surface area (TPSA) is 45.9 Å². The second kappa shape index (κ2) is 5.41. The molecule has 1 aromatic heterocycles. The molecule has 0 aliphatic carbocycles. The molecule has 3 nitrogen and oxygen atoms in total. The molecule has 0 aliphatic rings. The van der Waals surface area contributed by atoms with Crippen LogP contribution in [0.2, 0.25) is 0 Å². The summed E-state index contributed by atoms with van der Waals surface area (Å²) >= 11 is 1.44. The average molecular weight is 248 g/mol. The van der Waals surface area contributed by atoms with E-state index in [1.807, 2.05) is 6.07 Å². The molecule has 0 aliphatic heterocycles. The summed E-state index contributed by atoms with van der Waals surface area (Å²) in [7, 11) is 0. The zero-order chi connectivity index (χ0) is 12.1. The molecule has 0 radical (unpaired) electrons. The SMILES string of the molecule is N#Cc1csc(CCOc2ccc(F)cc2)n1. The Kier molecular flexibility index (Phi) is 3.68. The van der Waals surface area contributed by atoms with Gasteiger partial charge >= 0.3 is 0 Å². The van der Waals surface area contributed by atoms with Crippen LogP contribution >= 0.6 is 11.3 Å². The second-order valence-electron chi connectivity index (χ2n) is 3.29. The van der Waals surface area contributed by atoms with Crippen LogP contribution in [-0.2, 0) is 6.42 Å². The molecule has 1 heterocycles. The van der Waals surface area contributed by atoms with Crippen LogP contribution in [0.5, 0.6) is 5.75 Å². The van der Waals surface area contributed by atoms with Crippen LogP contribution in [0.25, 0.3) is 0 Å². The number of benzene rings is 1. The molecule has 2 rings (SSSR count). The third-order valence-electron chi connectivity index (χ3n) is 2.06. The summed E-state index contributed by atoms with van der Waals surface area (Å²) in [5, 5.41) is 11.2. The molecule has 1 aromatic carbocycles. The lowest BCUT2D eigenvalue weighted by atomic mass is 10.3. The summed E-state index contributed by atoms with van der Waals surface area (Å²) in [4.78, 5) is 4.09. The van der Waals surface area contributed by atoms with Gasteiger partial charge in [0.15, 0.2) is 5.69 Å². The Labute approximate surface area is 102 Å². The first kappa shape index (κ1) is 11.6. The fourth-order valence-corrected chi connectivity index (χ4v) is 1.97. The van der Waals surface area contributed by atoms with Crippen molar-refractivity contribution in [3.8, 4) is 11.8 Å². The Hall–Kier alpha value is -1.93. The van der Waals surface area contributed by atoms with E-state index < -0.39 is 0 Å². The van der Waals surface area contributed by atoms with Gasteiger partial charge in [-0.15, -0.1) is 11.3 Å². The molecular formula is C12H9FN2OS. The summed E-state index contributed by atoms with van der Waals surface area (Å²) in [5.41, 5.74) is 0.437. The third-order valence-corrected chi connectivity index (χ3v) is 2.97. The van der Waals surface area contributed by atoms with Gasteiger partial charge in [0.1, 0.15) is 17.6 Å². The molecular weight excluding hydrogens is 239 g/mol. The molecule has 0 spiro atoms. The summed E-state index contributed by atoms with van der Waals surface area (Å²) in [6.45, 7) is 0.462. The molecule has 0 fully saturated rings. The first-order valence-electron chi connectivity index (χ1n) is 5.01.